The molecule has 0 atom stereocenters. The fraction of sp³-hybridized carbons (Fsp3) is 0.133. The van der Waals surface area contributed by atoms with E-state index in [1.54, 1.807) is 0 Å². The Morgan fingerprint density at radius 2 is 1.39 bits per heavy atom. The van der Waals surface area contributed by atoms with Gasteiger partial charge in [0, 0.05) is 17.8 Å². The minimum atomic E-state index is -0.491. The van der Waals surface area contributed by atoms with E-state index in [2.05, 4.69) is 66.7 Å². The molecule has 0 aliphatic carbocycles. The van der Waals surface area contributed by atoms with E-state index < -0.39 is 7.92 Å². The topological polar surface area (TPSA) is 29.4 Å². The van der Waals surface area contributed by atoms with Gasteiger partial charge in [-0.3, -0.25) is 9.79 Å². The van der Waals surface area contributed by atoms with E-state index in [1.807, 2.05) is 55.5 Å². The van der Waals surface area contributed by atoms with Crippen molar-refractivity contribution in [2.24, 2.45) is 4.99 Å². The maximum Gasteiger partial charge on any atom is 0.168 e. The van der Waals surface area contributed by atoms with Crippen LogP contribution in [0, 0.1) is 0 Å². The van der Waals surface area contributed by atoms with Crippen LogP contribution in [0.25, 0.3) is 10.8 Å². The Morgan fingerprint density at radius 3 is 2.03 bits per heavy atom. The number of hydrogen-bond acceptors (Lipinski definition) is 2. The third-order valence-corrected chi connectivity index (χ3v) is 8.04. The van der Waals surface area contributed by atoms with Gasteiger partial charge in [-0.15, -0.1) is 0 Å². The van der Waals surface area contributed by atoms with Crippen LogP contribution in [0.4, 0.5) is 0 Å². The summed E-state index contributed by atoms with van der Waals surface area (Å²) < 4.78 is 0. The van der Waals surface area contributed by atoms with Crippen molar-refractivity contribution in [2.75, 3.05) is 12.7 Å². The molecule has 0 saturated carbocycles. The zero-order chi connectivity index (χ0) is 22.9. The molecule has 0 aliphatic heterocycles. The Bertz CT molecular complexity index is 1220. The molecule has 0 aromatic heterocycles. The van der Waals surface area contributed by atoms with E-state index in [1.165, 1.54) is 10.6 Å². The first-order chi connectivity index (χ1) is 16.2. The molecule has 33 heavy (non-hydrogen) atoms. The highest BCUT2D eigenvalue weighted by Crippen LogP contribution is 2.33. The number of carbonyl (C=O) groups is 1. The lowest BCUT2D eigenvalue weighted by molar-refractivity contribution is 0.100. The van der Waals surface area contributed by atoms with Crippen LogP contribution < -0.4 is 10.6 Å². The second kappa shape index (κ2) is 11.5. The molecular weight excluding hydrogens is 421 g/mol. The van der Waals surface area contributed by atoms with Crippen LogP contribution in [0.5, 0.6) is 0 Å². The number of hydrogen-bond donors (Lipinski definition) is 0. The predicted octanol–water partition coefficient (Wildman–Crippen LogP) is 6.56. The van der Waals surface area contributed by atoms with E-state index in [-0.39, 0.29) is 5.78 Å². The minimum Gasteiger partial charge on any atom is -0.294 e. The van der Waals surface area contributed by atoms with Crippen molar-refractivity contribution in [1.29, 1.82) is 0 Å². The molecule has 0 aliphatic rings. The van der Waals surface area contributed by atoms with E-state index in [9.17, 15) is 4.79 Å². The van der Waals surface area contributed by atoms with Crippen LogP contribution >= 0.6 is 7.92 Å². The number of aliphatic imine (C=N–C) groups is 1. The molecule has 0 fully saturated rings. The van der Waals surface area contributed by atoms with E-state index >= 15 is 0 Å². The molecule has 4 aromatic carbocycles. The van der Waals surface area contributed by atoms with Gasteiger partial charge in [-0.25, -0.2) is 0 Å². The van der Waals surface area contributed by atoms with Crippen molar-refractivity contribution in [3.63, 3.8) is 0 Å². The first-order valence-electron chi connectivity index (χ1n) is 11.3. The number of benzene rings is 4. The number of carbonyl (C=O) groups excluding carboxylic acids is 1. The summed E-state index contributed by atoms with van der Waals surface area (Å²) >= 11 is 0. The van der Waals surface area contributed by atoms with Gasteiger partial charge in [-0.2, -0.15) is 0 Å². The van der Waals surface area contributed by atoms with Crippen molar-refractivity contribution in [3.8, 4) is 0 Å². The number of Topliss-reactive ketones (excluding diaryl/α,β-unsaturated/α-hetero) is 1. The van der Waals surface area contributed by atoms with E-state index in [0.717, 1.165) is 28.2 Å². The molecule has 3 heteroatoms. The van der Waals surface area contributed by atoms with Gasteiger partial charge in [0.05, 0.1) is 6.42 Å². The quantitative estimate of drug-likeness (QED) is 0.162. The largest absolute Gasteiger partial charge is 0.294 e. The number of nitrogens with zero attached hydrogens (tertiary/aromatic N) is 1. The summed E-state index contributed by atoms with van der Waals surface area (Å²) in [5.74, 6) is 0.103. The standard InChI is InChI=1S/C30H28NOP/c1-2-11-27(23-30(32)26-19-18-24-12-9-10-13-25(24)22-26)31-20-21-33(28-14-5-3-6-15-28)29-16-7-4-8-17-29/h2-19,22H,20-21,23H2,1H3. The number of allylic oxidation sites excluding steroid dienone is 2. The Morgan fingerprint density at radius 1 is 0.788 bits per heavy atom. The first-order valence-corrected chi connectivity index (χ1v) is 12.8. The summed E-state index contributed by atoms with van der Waals surface area (Å²) in [7, 11) is -0.491. The van der Waals surface area contributed by atoms with Crippen LogP contribution in [0.15, 0.2) is 120 Å². The maximum atomic E-state index is 13.0. The molecule has 0 spiro atoms. The second-order valence-corrected chi connectivity index (χ2v) is 10.2. The lowest BCUT2D eigenvalue weighted by Crippen LogP contribution is -2.15. The van der Waals surface area contributed by atoms with Crippen LogP contribution in [-0.4, -0.2) is 24.2 Å². The minimum absolute atomic E-state index is 0.103. The predicted molar refractivity (Wildman–Crippen MR) is 144 cm³/mol. The van der Waals surface area contributed by atoms with Crippen molar-refractivity contribution in [2.45, 2.75) is 13.3 Å². The summed E-state index contributed by atoms with van der Waals surface area (Å²) in [6.07, 6.45) is 5.20. The molecule has 0 radical (unpaired) electrons. The monoisotopic (exact) mass is 449 g/mol. The molecule has 2 nitrogen and oxygen atoms in total. The Labute approximate surface area is 197 Å². The molecular formula is C30H28NOP. The third-order valence-electron chi connectivity index (χ3n) is 5.55. The Kier molecular flexibility index (Phi) is 7.95. The summed E-state index contributed by atoms with van der Waals surface area (Å²) in [5.41, 5.74) is 1.58. The van der Waals surface area contributed by atoms with Gasteiger partial charge in [0.25, 0.3) is 0 Å². The van der Waals surface area contributed by atoms with Crippen molar-refractivity contribution < 1.29 is 4.79 Å². The molecule has 0 unspecified atom stereocenters. The van der Waals surface area contributed by atoms with Gasteiger partial charge in [0.2, 0.25) is 0 Å². The smallest absolute Gasteiger partial charge is 0.168 e. The van der Waals surface area contributed by atoms with E-state index in [4.69, 9.17) is 4.99 Å². The molecule has 0 N–H and O–H groups in total. The third kappa shape index (κ3) is 6.12. The van der Waals surface area contributed by atoms with Gasteiger partial charge < -0.3 is 0 Å². The molecule has 164 valence electrons. The van der Waals surface area contributed by atoms with Gasteiger partial charge in [-0.05, 0) is 54.5 Å². The SMILES string of the molecule is CC=CC(CC(=O)c1ccc2ccccc2c1)=NCCP(c1ccccc1)c1ccccc1. The number of ketones is 1. The highest BCUT2D eigenvalue weighted by molar-refractivity contribution is 7.73. The Hall–Kier alpha value is -3.35. The lowest BCUT2D eigenvalue weighted by atomic mass is 10.0. The van der Waals surface area contributed by atoms with Crippen molar-refractivity contribution in [3.05, 3.63) is 121 Å². The number of rotatable bonds is 9. The van der Waals surface area contributed by atoms with Gasteiger partial charge in [-0.1, -0.05) is 103 Å². The van der Waals surface area contributed by atoms with Crippen molar-refractivity contribution >= 4 is 40.8 Å². The molecule has 0 heterocycles. The molecule has 4 rings (SSSR count). The highest BCUT2D eigenvalue weighted by atomic mass is 31.1. The average molecular weight is 450 g/mol. The van der Waals surface area contributed by atoms with Crippen LogP contribution in [0.1, 0.15) is 23.7 Å². The maximum absolute atomic E-state index is 13.0. The average Bonchev–Trinajstić information content (AvgIpc) is 2.87. The lowest BCUT2D eigenvalue weighted by Gasteiger charge is -2.18. The fourth-order valence-electron chi connectivity index (χ4n) is 3.91. The zero-order valence-electron chi connectivity index (χ0n) is 18.9. The van der Waals surface area contributed by atoms with Gasteiger partial charge in [0.1, 0.15) is 0 Å². The summed E-state index contributed by atoms with van der Waals surface area (Å²) in [4.78, 5) is 17.9. The molecule has 0 amide bonds. The fourth-order valence-corrected chi connectivity index (χ4v) is 6.08. The van der Waals surface area contributed by atoms with Crippen LogP contribution in [0.3, 0.4) is 0 Å². The normalized spacial score (nSPS) is 12.0. The van der Waals surface area contributed by atoms with Gasteiger partial charge >= 0.3 is 0 Å². The molecule has 0 bridgehead atoms. The van der Waals surface area contributed by atoms with Crippen LogP contribution in [0.2, 0.25) is 0 Å². The van der Waals surface area contributed by atoms with Crippen LogP contribution in [-0.2, 0) is 0 Å². The molecule has 4 aromatic rings. The van der Waals surface area contributed by atoms with E-state index in [0.29, 0.717) is 13.0 Å². The summed E-state index contributed by atoms with van der Waals surface area (Å²) in [6, 6.07) is 35.4. The van der Waals surface area contributed by atoms with Crippen molar-refractivity contribution in [1.82, 2.24) is 0 Å². The van der Waals surface area contributed by atoms with Gasteiger partial charge in [0.15, 0.2) is 5.78 Å². The highest BCUT2D eigenvalue weighted by Gasteiger charge is 2.14. The zero-order valence-corrected chi connectivity index (χ0v) is 19.8. The Balaban J connectivity index is 1.49. The summed E-state index contributed by atoms with van der Waals surface area (Å²) in [5, 5.41) is 4.94. The first kappa shape index (κ1) is 22.8. The second-order valence-electron chi connectivity index (χ2n) is 7.86. The molecule has 0 saturated heterocycles. The number of fused-ring (bicyclic) bond motifs is 1. The summed E-state index contributed by atoms with van der Waals surface area (Å²) in [6.45, 7) is 2.66.